The average Bonchev–Trinajstić information content (AvgIpc) is 2.71. The zero-order chi connectivity index (χ0) is 21.8. The Morgan fingerprint density at radius 1 is 1.17 bits per heavy atom. The second-order valence-electron chi connectivity index (χ2n) is 7.23. The van der Waals surface area contributed by atoms with E-state index in [0.717, 1.165) is 27.7 Å². The van der Waals surface area contributed by atoms with Crippen molar-refractivity contribution >= 4 is 41.7 Å². The summed E-state index contributed by atoms with van der Waals surface area (Å²) in [6, 6.07) is 11.1. The zero-order valence-electron chi connectivity index (χ0n) is 17.6. The molecular formula is C24H25ClN4O. The molecule has 0 spiro atoms. The van der Waals surface area contributed by atoms with Crippen LogP contribution in [0.3, 0.4) is 0 Å². The Morgan fingerprint density at radius 2 is 1.93 bits per heavy atom. The van der Waals surface area contributed by atoms with E-state index in [2.05, 4.69) is 27.2 Å². The van der Waals surface area contributed by atoms with Gasteiger partial charge in [-0.3, -0.25) is 9.78 Å². The molecule has 2 N–H and O–H groups in total. The summed E-state index contributed by atoms with van der Waals surface area (Å²) in [7, 11) is 0. The highest BCUT2D eigenvalue weighted by molar-refractivity contribution is 6.31. The predicted octanol–water partition coefficient (Wildman–Crippen LogP) is 4.38. The smallest absolute Gasteiger partial charge is 0.255 e. The molecule has 2 aromatic carbocycles. The quantitative estimate of drug-likeness (QED) is 0.642. The third kappa shape index (κ3) is 4.86. The van der Waals surface area contributed by atoms with Gasteiger partial charge in [-0.25, -0.2) is 4.98 Å². The van der Waals surface area contributed by atoms with Crippen LogP contribution in [-0.4, -0.2) is 15.9 Å². The van der Waals surface area contributed by atoms with Crippen molar-refractivity contribution in [2.45, 2.75) is 33.7 Å². The highest BCUT2D eigenvalue weighted by atomic mass is 35.5. The van der Waals surface area contributed by atoms with Crippen LogP contribution >= 0.6 is 11.6 Å². The molecule has 1 unspecified atom stereocenters. The highest BCUT2D eigenvalue weighted by Gasteiger charge is 2.13. The number of hydrogen-bond acceptors (Lipinski definition) is 4. The number of anilines is 2. The number of halogens is 1. The van der Waals surface area contributed by atoms with Crippen LogP contribution in [0.2, 0.25) is 5.02 Å². The number of benzene rings is 2. The molecule has 154 valence electrons. The minimum atomic E-state index is -0.177. The monoisotopic (exact) mass is 420 g/mol. The number of nitrogens with zero attached hydrogens (tertiary/aromatic N) is 2. The Morgan fingerprint density at radius 3 is 2.60 bits per heavy atom. The van der Waals surface area contributed by atoms with Crippen LogP contribution in [0.4, 0.5) is 11.5 Å². The highest BCUT2D eigenvalue weighted by Crippen LogP contribution is 2.25. The first-order valence-corrected chi connectivity index (χ1v) is 10.1. The molecule has 0 aliphatic rings. The van der Waals surface area contributed by atoms with Crippen LogP contribution in [0.1, 0.15) is 46.9 Å². The van der Waals surface area contributed by atoms with Gasteiger partial charge in [-0.05, 0) is 74.7 Å². The van der Waals surface area contributed by atoms with E-state index in [0.29, 0.717) is 21.8 Å². The largest absolute Gasteiger partial charge is 0.362 e. The van der Waals surface area contributed by atoms with Crippen molar-refractivity contribution in [2.24, 2.45) is 0 Å². The van der Waals surface area contributed by atoms with Gasteiger partial charge in [0.25, 0.3) is 5.91 Å². The van der Waals surface area contributed by atoms with E-state index in [1.54, 1.807) is 24.4 Å². The fraction of sp³-hybridized carbons (Fsp3) is 0.208. The summed E-state index contributed by atoms with van der Waals surface area (Å²) in [6.45, 7) is 11.8. The van der Waals surface area contributed by atoms with E-state index in [1.165, 1.54) is 0 Å². The lowest BCUT2D eigenvalue weighted by Gasteiger charge is -2.18. The van der Waals surface area contributed by atoms with Crippen molar-refractivity contribution in [1.29, 1.82) is 0 Å². The molecule has 0 saturated carbocycles. The van der Waals surface area contributed by atoms with Gasteiger partial charge in [0.1, 0.15) is 5.82 Å². The van der Waals surface area contributed by atoms with Gasteiger partial charge in [-0.1, -0.05) is 30.3 Å². The molecule has 0 fully saturated rings. The molecule has 0 radical (unpaired) electrons. The molecule has 1 atom stereocenters. The number of rotatable bonds is 5. The van der Waals surface area contributed by atoms with Crippen LogP contribution in [0.5, 0.6) is 0 Å². The summed E-state index contributed by atoms with van der Waals surface area (Å²) in [5.74, 6) is 0.479. The Hall–Kier alpha value is -3.18. The fourth-order valence-corrected chi connectivity index (χ4v) is 3.34. The summed E-state index contributed by atoms with van der Waals surface area (Å²) in [5, 5.41) is 8.37. The van der Waals surface area contributed by atoms with Gasteiger partial charge in [0.15, 0.2) is 0 Å². The first-order chi connectivity index (χ1) is 14.3. The summed E-state index contributed by atoms with van der Waals surface area (Å²) >= 11 is 6.06. The van der Waals surface area contributed by atoms with E-state index >= 15 is 0 Å². The van der Waals surface area contributed by atoms with Gasteiger partial charge in [0, 0.05) is 16.3 Å². The number of carbonyl (C=O) groups is 1. The van der Waals surface area contributed by atoms with Gasteiger partial charge in [-0.15, -0.1) is 0 Å². The molecule has 3 aromatic rings. The average molecular weight is 421 g/mol. The van der Waals surface area contributed by atoms with E-state index in [9.17, 15) is 4.79 Å². The first kappa shape index (κ1) is 21.5. The molecule has 5 nitrogen and oxygen atoms in total. The van der Waals surface area contributed by atoms with Crippen molar-refractivity contribution in [2.75, 3.05) is 10.6 Å². The SMILES string of the molecule is C=c1nc(NC(C)c2cc(NC(=O)c3ccc(Cl)c(C)c3)ccc2C)cn/c1=C/C. The van der Waals surface area contributed by atoms with E-state index < -0.39 is 0 Å². The number of aromatic nitrogens is 2. The molecule has 0 saturated heterocycles. The maximum atomic E-state index is 12.6. The maximum Gasteiger partial charge on any atom is 0.255 e. The lowest BCUT2D eigenvalue weighted by atomic mass is 10.0. The van der Waals surface area contributed by atoms with Crippen molar-refractivity contribution in [3.05, 3.63) is 80.6 Å². The van der Waals surface area contributed by atoms with Gasteiger partial charge in [0.05, 0.1) is 22.9 Å². The summed E-state index contributed by atoms with van der Waals surface area (Å²) in [5.41, 5.74) is 4.32. The predicted molar refractivity (Wildman–Crippen MR) is 124 cm³/mol. The summed E-state index contributed by atoms with van der Waals surface area (Å²) in [4.78, 5) is 21.5. The van der Waals surface area contributed by atoms with Crippen LogP contribution in [0.15, 0.2) is 42.6 Å². The molecule has 1 heterocycles. The van der Waals surface area contributed by atoms with Crippen molar-refractivity contribution in [3.8, 4) is 0 Å². The van der Waals surface area contributed by atoms with Crippen LogP contribution in [0, 0.1) is 13.8 Å². The lowest BCUT2D eigenvalue weighted by Crippen LogP contribution is -2.30. The second-order valence-corrected chi connectivity index (χ2v) is 7.64. The Labute approximate surface area is 181 Å². The molecule has 1 amide bonds. The Bertz CT molecular complexity index is 1210. The molecule has 0 aliphatic heterocycles. The zero-order valence-corrected chi connectivity index (χ0v) is 18.3. The Balaban J connectivity index is 1.80. The minimum Gasteiger partial charge on any atom is -0.362 e. The van der Waals surface area contributed by atoms with Crippen molar-refractivity contribution in [1.82, 2.24) is 9.97 Å². The van der Waals surface area contributed by atoms with E-state index in [4.69, 9.17) is 11.6 Å². The van der Waals surface area contributed by atoms with Crippen molar-refractivity contribution in [3.63, 3.8) is 0 Å². The van der Waals surface area contributed by atoms with E-state index in [-0.39, 0.29) is 11.9 Å². The number of aryl methyl sites for hydroxylation is 2. The molecule has 0 bridgehead atoms. The number of nitrogens with one attached hydrogen (secondary N) is 2. The van der Waals surface area contributed by atoms with Crippen LogP contribution < -0.4 is 21.3 Å². The molecule has 3 rings (SSSR count). The topological polar surface area (TPSA) is 66.9 Å². The minimum absolute atomic E-state index is 0.0372. The van der Waals surface area contributed by atoms with Gasteiger partial charge in [-0.2, -0.15) is 0 Å². The second kappa shape index (κ2) is 9.09. The molecule has 1 aromatic heterocycles. The van der Waals surface area contributed by atoms with Gasteiger partial charge in [0.2, 0.25) is 0 Å². The molecule has 6 heteroatoms. The lowest BCUT2D eigenvalue weighted by molar-refractivity contribution is 0.102. The van der Waals surface area contributed by atoms with E-state index in [1.807, 2.05) is 52.0 Å². The number of carbonyl (C=O) groups excluding carboxylic acids is 1. The first-order valence-electron chi connectivity index (χ1n) is 9.71. The maximum absolute atomic E-state index is 12.6. The number of amides is 1. The van der Waals surface area contributed by atoms with Crippen LogP contribution in [0.25, 0.3) is 12.7 Å². The van der Waals surface area contributed by atoms with Crippen LogP contribution in [-0.2, 0) is 0 Å². The summed E-state index contributed by atoms with van der Waals surface area (Å²) in [6.07, 6.45) is 3.57. The fourth-order valence-electron chi connectivity index (χ4n) is 3.22. The molecule has 0 aliphatic carbocycles. The molecular weight excluding hydrogens is 396 g/mol. The molecule has 30 heavy (non-hydrogen) atoms. The standard InChI is InChI=1S/C24H25ClN4O/c1-6-22-17(5)28-23(13-26-22)27-16(4)20-12-19(9-7-14(20)2)29-24(30)18-8-10-21(25)15(3)11-18/h6-13,16H,5H2,1-4H3,(H,27,28)(H,29,30)/b22-6+. The van der Waals surface area contributed by atoms with Gasteiger partial charge < -0.3 is 10.6 Å². The van der Waals surface area contributed by atoms with Crippen molar-refractivity contribution < 1.29 is 4.79 Å². The third-order valence-electron chi connectivity index (χ3n) is 4.94. The normalized spacial score (nSPS) is 12.5. The Kier molecular flexibility index (Phi) is 6.53. The number of hydrogen-bond donors (Lipinski definition) is 2. The van der Waals surface area contributed by atoms with Gasteiger partial charge >= 0.3 is 0 Å². The third-order valence-corrected chi connectivity index (χ3v) is 5.36. The summed E-state index contributed by atoms with van der Waals surface area (Å²) < 4.78 is 0.